The zero-order valence-corrected chi connectivity index (χ0v) is 14.2. The number of aliphatic imine (C=N–C) groups is 1. The molecule has 0 spiro atoms. The first-order valence-electron chi connectivity index (χ1n) is 5.81. The summed E-state index contributed by atoms with van der Waals surface area (Å²) in [7, 11) is 3.88. The molecule has 0 amide bonds. The largest absolute Gasteiger partial charge is 0.352 e. The average molecular weight is 379 g/mol. The lowest BCUT2D eigenvalue weighted by Gasteiger charge is -2.21. The maximum atomic E-state index is 4.28. The first-order valence-corrected chi connectivity index (χ1v) is 6.76. The maximum Gasteiger partial charge on any atom is 0.193 e. The monoisotopic (exact) mass is 379 g/mol. The molecule has 1 aromatic rings. The molecule has 18 heavy (non-hydrogen) atoms. The van der Waals surface area contributed by atoms with E-state index in [-0.39, 0.29) is 24.0 Å². The Balaban J connectivity index is 0.00000289. The quantitative estimate of drug-likeness (QED) is 0.270. The molecule has 5 heteroatoms. The Hall–Kier alpha value is -0.560. The van der Waals surface area contributed by atoms with E-state index in [4.69, 9.17) is 0 Å². The van der Waals surface area contributed by atoms with E-state index in [1.807, 2.05) is 13.1 Å². The fourth-order valence-electron chi connectivity index (χ4n) is 1.54. The number of thiophene rings is 1. The van der Waals surface area contributed by atoms with Gasteiger partial charge in [0.2, 0.25) is 0 Å². The molecule has 0 aliphatic heterocycles. The van der Waals surface area contributed by atoms with Gasteiger partial charge in [-0.1, -0.05) is 6.08 Å². The minimum absolute atomic E-state index is 0. The smallest absolute Gasteiger partial charge is 0.193 e. The molecule has 0 fully saturated rings. The number of halogens is 1. The second-order valence-corrected chi connectivity index (χ2v) is 4.66. The van der Waals surface area contributed by atoms with E-state index in [1.54, 1.807) is 11.3 Å². The number of hydrogen-bond donors (Lipinski definition) is 1. The van der Waals surface area contributed by atoms with Gasteiger partial charge >= 0.3 is 0 Å². The number of nitrogens with zero attached hydrogens (tertiary/aromatic N) is 2. The van der Waals surface area contributed by atoms with Crippen LogP contribution in [0.4, 0.5) is 0 Å². The van der Waals surface area contributed by atoms with E-state index < -0.39 is 0 Å². The van der Waals surface area contributed by atoms with Crippen LogP contribution in [0.25, 0.3) is 0 Å². The highest BCUT2D eigenvalue weighted by molar-refractivity contribution is 14.0. The summed E-state index contributed by atoms with van der Waals surface area (Å²) < 4.78 is 0. The molecule has 0 aliphatic carbocycles. The average Bonchev–Trinajstić information content (AvgIpc) is 2.83. The van der Waals surface area contributed by atoms with Crippen molar-refractivity contribution in [3.8, 4) is 0 Å². The van der Waals surface area contributed by atoms with Crippen LogP contribution in [-0.2, 0) is 6.54 Å². The summed E-state index contributed by atoms with van der Waals surface area (Å²) in [6, 6.07) is 2.13. The van der Waals surface area contributed by atoms with Crippen molar-refractivity contribution < 1.29 is 0 Å². The number of rotatable bonds is 6. The lowest BCUT2D eigenvalue weighted by atomic mass is 10.3. The van der Waals surface area contributed by atoms with Gasteiger partial charge in [-0.3, -0.25) is 4.99 Å². The summed E-state index contributed by atoms with van der Waals surface area (Å²) in [4.78, 5) is 6.42. The van der Waals surface area contributed by atoms with E-state index in [1.165, 1.54) is 5.56 Å². The number of unbranched alkanes of at least 4 members (excludes halogenated alkanes) is 1. The van der Waals surface area contributed by atoms with E-state index >= 15 is 0 Å². The van der Waals surface area contributed by atoms with Crippen LogP contribution in [0.5, 0.6) is 0 Å². The lowest BCUT2D eigenvalue weighted by Crippen LogP contribution is -2.38. The summed E-state index contributed by atoms with van der Waals surface area (Å²) in [5.41, 5.74) is 1.30. The Kier molecular flexibility index (Phi) is 10.0. The third-order valence-corrected chi connectivity index (χ3v) is 3.24. The van der Waals surface area contributed by atoms with Crippen molar-refractivity contribution in [2.45, 2.75) is 19.4 Å². The fourth-order valence-corrected chi connectivity index (χ4v) is 2.21. The molecule has 0 atom stereocenters. The second-order valence-electron chi connectivity index (χ2n) is 3.88. The topological polar surface area (TPSA) is 27.6 Å². The molecule has 102 valence electrons. The molecule has 1 heterocycles. The Morgan fingerprint density at radius 3 is 2.94 bits per heavy atom. The second kappa shape index (κ2) is 10.4. The highest BCUT2D eigenvalue weighted by Gasteiger charge is 2.04. The highest BCUT2D eigenvalue weighted by Crippen LogP contribution is 2.05. The lowest BCUT2D eigenvalue weighted by molar-refractivity contribution is 0.470. The van der Waals surface area contributed by atoms with Crippen molar-refractivity contribution in [3.63, 3.8) is 0 Å². The molecule has 3 nitrogen and oxygen atoms in total. The van der Waals surface area contributed by atoms with Gasteiger partial charge in [0.25, 0.3) is 0 Å². The van der Waals surface area contributed by atoms with Gasteiger partial charge in [0.05, 0.1) is 0 Å². The molecule has 1 N–H and O–H groups in total. The van der Waals surface area contributed by atoms with Crippen LogP contribution in [0.1, 0.15) is 18.4 Å². The van der Waals surface area contributed by atoms with E-state index in [2.05, 4.69) is 45.7 Å². The summed E-state index contributed by atoms with van der Waals surface area (Å²) in [6.07, 6.45) is 4.11. The molecule has 1 rings (SSSR count). The van der Waals surface area contributed by atoms with Gasteiger partial charge < -0.3 is 10.2 Å². The summed E-state index contributed by atoms with van der Waals surface area (Å²) >= 11 is 1.72. The van der Waals surface area contributed by atoms with E-state index in [0.29, 0.717) is 0 Å². The van der Waals surface area contributed by atoms with Gasteiger partial charge in [0.1, 0.15) is 0 Å². The molecule has 0 saturated heterocycles. The van der Waals surface area contributed by atoms with Gasteiger partial charge in [-0.15, -0.1) is 30.6 Å². The normalized spacial score (nSPS) is 10.7. The van der Waals surface area contributed by atoms with Crippen molar-refractivity contribution in [1.82, 2.24) is 10.2 Å². The number of allylic oxidation sites excluding steroid dienone is 1. The zero-order valence-electron chi connectivity index (χ0n) is 11.1. The van der Waals surface area contributed by atoms with Crippen LogP contribution in [0.2, 0.25) is 0 Å². The van der Waals surface area contributed by atoms with Gasteiger partial charge in [0, 0.05) is 27.2 Å². The van der Waals surface area contributed by atoms with Crippen molar-refractivity contribution >= 4 is 41.3 Å². The molecular weight excluding hydrogens is 357 g/mol. The molecule has 0 aromatic carbocycles. The third kappa shape index (κ3) is 6.39. The van der Waals surface area contributed by atoms with Crippen LogP contribution in [-0.4, -0.2) is 31.5 Å². The van der Waals surface area contributed by atoms with Gasteiger partial charge in [-0.05, 0) is 35.2 Å². The highest BCUT2D eigenvalue weighted by atomic mass is 127. The number of guanidine groups is 1. The van der Waals surface area contributed by atoms with Crippen LogP contribution in [0.3, 0.4) is 0 Å². The number of hydrogen-bond acceptors (Lipinski definition) is 2. The molecule has 0 aliphatic rings. The Bertz CT molecular complexity index is 349. The minimum Gasteiger partial charge on any atom is -0.352 e. The first-order chi connectivity index (χ1) is 8.27. The molecule has 0 radical (unpaired) electrons. The van der Waals surface area contributed by atoms with Crippen molar-refractivity contribution in [2.24, 2.45) is 4.99 Å². The van der Waals surface area contributed by atoms with Gasteiger partial charge in [-0.25, -0.2) is 0 Å². The van der Waals surface area contributed by atoms with Gasteiger partial charge in [-0.2, -0.15) is 11.3 Å². The summed E-state index contributed by atoms with van der Waals surface area (Å²) in [6.45, 7) is 5.56. The standard InChI is InChI=1S/C13H21N3S.HI/c1-4-5-6-8-16(3)13(14-2)15-10-12-7-9-17-11-12;/h4,7,9,11H,1,5-6,8,10H2,2-3H3,(H,14,15);1H. The van der Waals surface area contributed by atoms with Crippen LogP contribution in [0, 0.1) is 0 Å². The van der Waals surface area contributed by atoms with E-state index in [9.17, 15) is 0 Å². The molecule has 1 aromatic heterocycles. The Labute approximate surface area is 131 Å². The minimum atomic E-state index is 0. The third-order valence-electron chi connectivity index (χ3n) is 2.51. The van der Waals surface area contributed by atoms with Crippen molar-refractivity contribution in [2.75, 3.05) is 20.6 Å². The maximum absolute atomic E-state index is 4.28. The van der Waals surface area contributed by atoms with Crippen molar-refractivity contribution in [1.29, 1.82) is 0 Å². The SMILES string of the molecule is C=CCCCN(C)C(=NC)NCc1ccsc1.I. The Morgan fingerprint density at radius 2 is 2.39 bits per heavy atom. The summed E-state index contributed by atoms with van der Waals surface area (Å²) in [5, 5.41) is 7.60. The molecule has 0 unspecified atom stereocenters. The summed E-state index contributed by atoms with van der Waals surface area (Å²) in [5.74, 6) is 0.945. The van der Waals surface area contributed by atoms with Crippen LogP contribution >= 0.6 is 35.3 Å². The predicted molar refractivity (Wildman–Crippen MR) is 92.0 cm³/mol. The van der Waals surface area contributed by atoms with Gasteiger partial charge in [0.15, 0.2) is 5.96 Å². The zero-order chi connectivity index (χ0) is 12.5. The molecule has 0 bridgehead atoms. The molecular formula is C13H22IN3S. The fraction of sp³-hybridized carbons (Fsp3) is 0.462. The van der Waals surface area contributed by atoms with Crippen molar-refractivity contribution in [3.05, 3.63) is 35.0 Å². The predicted octanol–water partition coefficient (Wildman–Crippen LogP) is 3.34. The first kappa shape index (κ1) is 17.4. The van der Waals surface area contributed by atoms with E-state index in [0.717, 1.165) is 31.9 Å². The van der Waals surface area contributed by atoms with Crippen LogP contribution in [0.15, 0.2) is 34.5 Å². The molecule has 0 saturated carbocycles. The number of nitrogens with one attached hydrogen (secondary N) is 1. The Morgan fingerprint density at radius 1 is 1.61 bits per heavy atom. The van der Waals surface area contributed by atoms with Crippen LogP contribution < -0.4 is 5.32 Å².